The first kappa shape index (κ1) is 23.7. The molecule has 0 rings (SSSR count). The van der Waals surface area contributed by atoms with E-state index < -0.39 is 5.97 Å². The van der Waals surface area contributed by atoms with Crippen LogP contribution in [0.4, 0.5) is 0 Å². The third kappa shape index (κ3) is 17.3. The van der Waals surface area contributed by atoms with E-state index in [1.807, 2.05) is 0 Å². The minimum absolute atomic E-state index is 0.119. The van der Waals surface area contributed by atoms with Gasteiger partial charge in [0.2, 0.25) is 0 Å². The van der Waals surface area contributed by atoms with Gasteiger partial charge in [0.25, 0.3) is 0 Å². The molecule has 0 aromatic rings. The van der Waals surface area contributed by atoms with Crippen molar-refractivity contribution < 1.29 is 19.4 Å². The summed E-state index contributed by atoms with van der Waals surface area (Å²) in [6.07, 6.45) is 17.2. The Morgan fingerprint density at radius 3 is 2.20 bits per heavy atom. The maximum absolute atomic E-state index is 11.9. The van der Waals surface area contributed by atoms with Gasteiger partial charge in [0.15, 0.2) is 0 Å². The molecular formula is C21H38O4. The average Bonchev–Trinajstić information content (AvgIpc) is 2.56. The van der Waals surface area contributed by atoms with E-state index in [-0.39, 0.29) is 18.5 Å². The van der Waals surface area contributed by atoms with E-state index in [4.69, 9.17) is 9.84 Å². The van der Waals surface area contributed by atoms with Gasteiger partial charge in [-0.2, -0.15) is 0 Å². The topological polar surface area (TPSA) is 63.6 Å². The molecule has 0 aliphatic carbocycles. The van der Waals surface area contributed by atoms with Crippen molar-refractivity contribution in [3.8, 4) is 0 Å². The number of aliphatic carboxylic acids is 1. The Morgan fingerprint density at radius 1 is 0.840 bits per heavy atom. The second-order valence-electron chi connectivity index (χ2n) is 6.75. The predicted octanol–water partition coefficient (Wildman–Crippen LogP) is 6.04. The monoisotopic (exact) mass is 354 g/mol. The molecule has 0 saturated heterocycles. The maximum atomic E-state index is 11.9. The van der Waals surface area contributed by atoms with Gasteiger partial charge in [0.1, 0.15) is 6.10 Å². The molecule has 1 unspecified atom stereocenters. The van der Waals surface area contributed by atoms with Crippen LogP contribution < -0.4 is 0 Å². The normalized spacial score (nSPS) is 12.4. The van der Waals surface area contributed by atoms with E-state index in [2.05, 4.69) is 26.0 Å². The third-order valence-corrected chi connectivity index (χ3v) is 4.20. The number of allylic oxidation sites excluding steroid dienone is 2. The molecule has 1 atom stereocenters. The SMILES string of the molecule is CCC/C=C\CCCCCCCC(=O)OC(CCC)CCCC(=O)O. The fourth-order valence-electron chi connectivity index (χ4n) is 2.77. The highest BCUT2D eigenvalue weighted by atomic mass is 16.5. The van der Waals surface area contributed by atoms with E-state index in [1.165, 1.54) is 32.1 Å². The van der Waals surface area contributed by atoms with Crippen molar-refractivity contribution >= 4 is 11.9 Å². The summed E-state index contributed by atoms with van der Waals surface area (Å²) in [6, 6.07) is 0. The first-order valence-electron chi connectivity index (χ1n) is 10.2. The molecule has 0 aliphatic heterocycles. The van der Waals surface area contributed by atoms with Gasteiger partial charge in [-0.3, -0.25) is 9.59 Å². The summed E-state index contributed by atoms with van der Waals surface area (Å²) >= 11 is 0. The number of ether oxygens (including phenoxy) is 1. The largest absolute Gasteiger partial charge is 0.481 e. The molecule has 0 fully saturated rings. The van der Waals surface area contributed by atoms with E-state index in [0.29, 0.717) is 19.3 Å². The highest BCUT2D eigenvalue weighted by Crippen LogP contribution is 2.14. The Hall–Kier alpha value is -1.32. The summed E-state index contributed by atoms with van der Waals surface area (Å²) in [4.78, 5) is 22.5. The predicted molar refractivity (Wildman–Crippen MR) is 103 cm³/mol. The van der Waals surface area contributed by atoms with Crippen LogP contribution in [0.1, 0.15) is 104 Å². The lowest BCUT2D eigenvalue weighted by Gasteiger charge is -2.17. The first-order valence-corrected chi connectivity index (χ1v) is 10.2. The number of esters is 1. The zero-order valence-electron chi connectivity index (χ0n) is 16.3. The van der Waals surface area contributed by atoms with E-state index >= 15 is 0 Å². The molecule has 0 spiro atoms. The van der Waals surface area contributed by atoms with Gasteiger partial charge in [0.05, 0.1) is 0 Å². The Balaban J connectivity index is 3.66. The smallest absolute Gasteiger partial charge is 0.306 e. The lowest BCUT2D eigenvalue weighted by molar-refractivity contribution is -0.150. The zero-order valence-corrected chi connectivity index (χ0v) is 16.3. The molecule has 0 aromatic heterocycles. The molecular weight excluding hydrogens is 316 g/mol. The summed E-state index contributed by atoms with van der Waals surface area (Å²) in [7, 11) is 0. The molecule has 4 nitrogen and oxygen atoms in total. The van der Waals surface area contributed by atoms with Crippen LogP contribution in [0.2, 0.25) is 0 Å². The van der Waals surface area contributed by atoms with E-state index in [1.54, 1.807) is 0 Å². The molecule has 146 valence electrons. The Morgan fingerprint density at radius 2 is 1.52 bits per heavy atom. The van der Waals surface area contributed by atoms with Gasteiger partial charge in [-0.15, -0.1) is 0 Å². The van der Waals surface area contributed by atoms with Gasteiger partial charge in [-0.25, -0.2) is 0 Å². The summed E-state index contributed by atoms with van der Waals surface area (Å²) in [5.41, 5.74) is 0. The highest BCUT2D eigenvalue weighted by Gasteiger charge is 2.14. The van der Waals surface area contributed by atoms with E-state index in [0.717, 1.165) is 32.1 Å². The van der Waals surface area contributed by atoms with Gasteiger partial charge >= 0.3 is 11.9 Å². The number of hydrogen-bond acceptors (Lipinski definition) is 3. The summed E-state index contributed by atoms with van der Waals surface area (Å²) < 4.78 is 5.51. The third-order valence-electron chi connectivity index (χ3n) is 4.20. The zero-order chi connectivity index (χ0) is 18.8. The van der Waals surface area contributed by atoms with Gasteiger partial charge in [0, 0.05) is 12.8 Å². The van der Waals surface area contributed by atoms with Crippen molar-refractivity contribution in [2.24, 2.45) is 0 Å². The van der Waals surface area contributed by atoms with Crippen LogP contribution in [-0.4, -0.2) is 23.1 Å². The van der Waals surface area contributed by atoms with E-state index in [9.17, 15) is 9.59 Å². The molecule has 0 bridgehead atoms. The maximum Gasteiger partial charge on any atom is 0.306 e. The van der Waals surface area contributed by atoms with Crippen LogP contribution >= 0.6 is 0 Å². The average molecular weight is 355 g/mol. The summed E-state index contributed by atoms with van der Waals surface area (Å²) in [5, 5.41) is 8.69. The fraction of sp³-hybridized carbons (Fsp3) is 0.810. The second kappa shape index (κ2) is 17.5. The molecule has 0 saturated carbocycles. The Kier molecular flexibility index (Phi) is 16.6. The van der Waals surface area contributed by atoms with Crippen molar-refractivity contribution in [3.63, 3.8) is 0 Å². The summed E-state index contributed by atoms with van der Waals surface area (Å²) in [6.45, 7) is 4.24. The van der Waals surface area contributed by atoms with Crippen molar-refractivity contribution in [3.05, 3.63) is 12.2 Å². The molecule has 25 heavy (non-hydrogen) atoms. The summed E-state index contributed by atoms with van der Waals surface area (Å²) in [5.74, 6) is -0.918. The molecule has 4 heteroatoms. The van der Waals surface area contributed by atoms with Crippen LogP contribution in [0.3, 0.4) is 0 Å². The van der Waals surface area contributed by atoms with Crippen LogP contribution in [-0.2, 0) is 14.3 Å². The first-order chi connectivity index (χ1) is 12.1. The van der Waals surface area contributed by atoms with Crippen LogP contribution in [0.15, 0.2) is 12.2 Å². The lowest BCUT2D eigenvalue weighted by Crippen LogP contribution is -2.18. The Bertz CT molecular complexity index is 363. The number of carbonyl (C=O) groups is 2. The van der Waals surface area contributed by atoms with Crippen molar-refractivity contribution in [2.45, 2.75) is 110 Å². The van der Waals surface area contributed by atoms with Crippen LogP contribution in [0, 0.1) is 0 Å². The minimum Gasteiger partial charge on any atom is -0.481 e. The molecule has 0 amide bonds. The molecule has 1 N–H and O–H groups in total. The molecule has 0 aromatic carbocycles. The van der Waals surface area contributed by atoms with Gasteiger partial charge < -0.3 is 9.84 Å². The fourth-order valence-corrected chi connectivity index (χ4v) is 2.77. The number of carboxylic acids is 1. The highest BCUT2D eigenvalue weighted by molar-refractivity contribution is 5.69. The molecule has 0 aliphatic rings. The molecule has 0 heterocycles. The van der Waals surface area contributed by atoms with Crippen LogP contribution in [0.25, 0.3) is 0 Å². The quantitative estimate of drug-likeness (QED) is 0.196. The molecule has 0 radical (unpaired) electrons. The number of carboxylic acid groups (broad SMARTS) is 1. The van der Waals surface area contributed by atoms with Crippen LogP contribution in [0.5, 0.6) is 0 Å². The minimum atomic E-state index is -0.789. The van der Waals surface area contributed by atoms with Gasteiger partial charge in [-0.1, -0.05) is 58.1 Å². The number of carbonyl (C=O) groups excluding carboxylic acids is 1. The lowest BCUT2D eigenvalue weighted by atomic mass is 10.1. The van der Waals surface area contributed by atoms with Crippen molar-refractivity contribution in [1.82, 2.24) is 0 Å². The number of hydrogen-bond donors (Lipinski definition) is 1. The standard InChI is InChI=1S/C21H38O4/c1-3-5-6-7-8-9-10-11-12-13-18-21(24)25-19(15-4-2)16-14-17-20(22)23/h6-7,19H,3-5,8-18H2,1-2H3,(H,22,23)/b7-6-. The number of unbranched alkanes of at least 4 members (excludes halogenated alkanes) is 6. The second-order valence-corrected chi connectivity index (χ2v) is 6.75. The number of rotatable bonds is 17. The Labute approximate surface area is 154 Å². The van der Waals surface area contributed by atoms with Gasteiger partial charge in [-0.05, 0) is 44.9 Å². The van der Waals surface area contributed by atoms with Crippen molar-refractivity contribution in [1.29, 1.82) is 0 Å². The van der Waals surface area contributed by atoms with Crippen molar-refractivity contribution in [2.75, 3.05) is 0 Å².